The van der Waals surface area contributed by atoms with Crippen molar-refractivity contribution in [1.82, 2.24) is 14.7 Å². The van der Waals surface area contributed by atoms with Gasteiger partial charge >= 0.3 is 18.1 Å². The lowest BCUT2D eigenvalue weighted by atomic mass is 10.1. The Hall–Kier alpha value is -9.19. The maximum atomic E-state index is 12.7. The highest BCUT2D eigenvalue weighted by atomic mass is 32.1. The number of para-hydroxylation sites is 3. The van der Waals surface area contributed by atoms with E-state index >= 15 is 0 Å². The Morgan fingerprint density at radius 3 is 1.71 bits per heavy atom. The molecule has 75 heavy (non-hydrogen) atoms. The van der Waals surface area contributed by atoms with Gasteiger partial charge in [-0.25, -0.2) is 24.3 Å². The molecule has 1 aromatic heterocycles. The molecule has 1 atom stereocenters. The lowest BCUT2D eigenvalue weighted by molar-refractivity contribution is -0.135. The Labute approximate surface area is 436 Å². The quantitative estimate of drug-likeness (QED) is 0.0934. The van der Waals surface area contributed by atoms with Crippen molar-refractivity contribution in [2.24, 2.45) is 0 Å². The van der Waals surface area contributed by atoms with E-state index in [1.54, 1.807) is 50.5 Å². The largest absolute Gasteiger partial charge is 0.497 e. The highest BCUT2D eigenvalue weighted by Gasteiger charge is 2.39. The van der Waals surface area contributed by atoms with Gasteiger partial charge in [0.2, 0.25) is 5.91 Å². The van der Waals surface area contributed by atoms with Gasteiger partial charge < -0.3 is 33.0 Å². The number of furan rings is 1. The van der Waals surface area contributed by atoms with Crippen molar-refractivity contribution >= 4 is 110 Å². The van der Waals surface area contributed by atoms with Crippen LogP contribution in [0.3, 0.4) is 0 Å². The zero-order valence-corrected chi connectivity index (χ0v) is 41.7. The van der Waals surface area contributed by atoms with Gasteiger partial charge in [-0.05, 0) is 134 Å². The number of cyclic esters (lactones) is 2. The summed E-state index contributed by atoms with van der Waals surface area (Å²) in [5.74, 6) is -1.02. The fraction of sp³-hybridized carbons (Fsp3) is 0.155. The lowest BCUT2D eigenvalue weighted by Crippen LogP contribution is -2.35. The van der Waals surface area contributed by atoms with Crippen molar-refractivity contribution in [3.8, 4) is 5.75 Å². The molecule has 0 radical (unpaired) electrons. The molecule has 0 aliphatic carbocycles. The van der Waals surface area contributed by atoms with Crippen LogP contribution >= 0.6 is 12.2 Å². The van der Waals surface area contributed by atoms with Gasteiger partial charge in [-0.1, -0.05) is 84.9 Å². The van der Waals surface area contributed by atoms with Crippen LogP contribution in [0.2, 0.25) is 0 Å². The topological polar surface area (TPSA) is 175 Å². The van der Waals surface area contributed by atoms with E-state index in [-0.39, 0.29) is 35.1 Å². The molecule has 0 spiro atoms. The number of imide groups is 3. The fourth-order valence-electron chi connectivity index (χ4n) is 8.47. The molecule has 378 valence electrons. The summed E-state index contributed by atoms with van der Waals surface area (Å²) < 4.78 is 31.8. The molecule has 0 saturated carbocycles. The first-order valence-electron chi connectivity index (χ1n) is 23.9. The predicted molar refractivity (Wildman–Crippen MR) is 284 cm³/mol. The van der Waals surface area contributed by atoms with Gasteiger partial charge in [-0.3, -0.25) is 19.2 Å². The molecular weight excluding hydrogens is 977 g/mol. The van der Waals surface area contributed by atoms with Gasteiger partial charge in [0.1, 0.15) is 16.9 Å². The number of carbonyl (C=O) groups is 6. The average Bonchev–Trinajstić information content (AvgIpc) is 4.25. The number of thiocarbonyl (C=S) groups is 1. The van der Waals surface area contributed by atoms with E-state index in [4.69, 9.17) is 40.3 Å². The van der Waals surface area contributed by atoms with Crippen LogP contribution < -0.4 is 9.64 Å². The monoisotopic (exact) mass is 1020 g/mol. The third kappa shape index (κ3) is 11.4. The molecule has 4 saturated heterocycles. The minimum absolute atomic E-state index is 0.0327. The summed E-state index contributed by atoms with van der Waals surface area (Å²) in [6.07, 6.45) is 5.12. The number of carbonyl (C=O) groups excluding carboxylic acids is 6. The van der Waals surface area contributed by atoms with Crippen molar-refractivity contribution in [3.05, 3.63) is 186 Å². The number of ether oxygens (including phenoxy) is 5. The maximum Gasteiger partial charge on any atom is 0.422 e. The first-order chi connectivity index (χ1) is 36.4. The van der Waals surface area contributed by atoms with Crippen LogP contribution in [-0.4, -0.2) is 88.6 Å². The van der Waals surface area contributed by atoms with Crippen molar-refractivity contribution in [2.75, 3.05) is 31.7 Å². The Morgan fingerprint density at radius 2 is 1.15 bits per heavy atom. The van der Waals surface area contributed by atoms with Crippen LogP contribution in [0.25, 0.3) is 40.2 Å². The third-order valence-corrected chi connectivity index (χ3v) is 12.4. The molecule has 4 aliphatic rings. The van der Waals surface area contributed by atoms with E-state index < -0.39 is 35.8 Å². The van der Waals surface area contributed by atoms with E-state index in [1.807, 2.05) is 103 Å². The van der Waals surface area contributed by atoms with Crippen LogP contribution in [0, 0.1) is 0 Å². The SMILES string of the molecule is CCN1C(=O)O/C(=C/c2ccc3oc4ccccc4c3c2)C1=O.COc1ccc(/C=C2/OC(=S)N(C(C)=O)C2=O)cc1.O=C1O/C(=C/c2ccc(N(c3ccccc3)c3ccccc3)cc2)C(=O)N1CC1CCCO1. The number of anilines is 3. The molecule has 1 unspecified atom stereocenters. The first-order valence-corrected chi connectivity index (χ1v) is 24.3. The van der Waals surface area contributed by atoms with Crippen LogP contribution in [0.5, 0.6) is 5.75 Å². The second-order valence-electron chi connectivity index (χ2n) is 17.1. The van der Waals surface area contributed by atoms with E-state index in [1.165, 1.54) is 13.0 Å². The molecule has 4 fully saturated rings. The lowest BCUT2D eigenvalue weighted by Gasteiger charge is -2.25. The second-order valence-corrected chi connectivity index (χ2v) is 17.5. The molecule has 0 N–H and O–H groups in total. The molecule has 16 nitrogen and oxygen atoms in total. The molecule has 6 aromatic carbocycles. The zero-order chi connectivity index (χ0) is 52.6. The minimum Gasteiger partial charge on any atom is -0.497 e. The summed E-state index contributed by atoms with van der Waals surface area (Å²) in [5.41, 5.74) is 6.94. The highest BCUT2D eigenvalue weighted by molar-refractivity contribution is 7.80. The van der Waals surface area contributed by atoms with Crippen molar-refractivity contribution in [3.63, 3.8) is 0 Å². The Bertz CT molecular complexity index is 3380. The molecule has 5 heterocycles. The van der Waals surface area contributed by atoms with Crippen LogP contribution in [0.15, 0.2) is 173 Å². The number of likely N-dealkylation sites (N-methyl/N-ethyl adjacent to an activating group) is 1. The third-order valence-electron chi connectivity index (χ3n) is 12.2. The summed E-state index contributed by atoms with van der Waals surface area (Å²) in [5, 5.41) is 1.82. The minimum atomic E-state index is -0.641. The van der Waals surface area contributed by atoms with Crippen LogP contribution in [-0.2, 0) is 38.1 Å². The van der Waals surface area contributed by atoms with Crippen LogP contribution in [0.4, 0.5) is 26.7 Å². The van der Waals surface area contributed by atoms with E-state index in [2.05, 4.69) is 29.2 Å². The van der Waals surface area contributed by atoms with E-state index in [0.29, 0.717) is 18.9 Å². The average molecular weight is 1030 g/mol. The van der Waals surface area contributed by atoms with Gasteiger partial charge in [0.05, 0.1) is 19.8 Å². The van der Waals surface area contributed by atoms with E-state index in [9.17, 15) is 28.8 Å². The predicted octanol–water partition coefficient (Wildman–Crippen LogP) is 11.3. The first kappa shape index (κ1) is 50.7. The standard InChI is InChI=1S/C27H24N2O4.C18H13NO4.C13H11NO4S/c30-26-25(33-27(31)28(26)19-24-12-7-17-32-24)18-20-13-15-23(16-14-20)29(21-8-3-1-4-9-21)22-10-5-2-6-11-22;1-2-19-17(20)16(23-18(19)21)10-11-7-8-15-13(9-11)12-5-3-4-6-14(12)22-15;1-8(15)14-12(16)11(18-13(14)19)7-9-3-5-10(17-2)6-4-9/h1-6,8-11,13-16,18,24H,7,12,17,19H2;3-10H,2H2,1H3;3-7H,1-2H3/b25-18+;16-10+;11-7+. The molecule has 6 amide bonds. The van der Waals surface area contributed by atoms with Gasteiger partial charge in [-0.15, -0.1) is 0 Å². The Morgan fingerprint density at radius 1 is 0.627 bits per heavy atom. The number of hydrogen-bond acceptors (Lipinski definition) is 14. The molecule has 0 bridgehead atoms. The van der Waals surface area contributed by atoms with Gasteiger partial charge in [0.25, 0.3) is 17.0 Å². The van der Waals surface area contributed by atoms with Gasteiger partial charge in [0.15, 0.2) is 17.3 Å². The molecule has 17 heteroatoms. The molecular formula is C58H48N4O12S. The number of fused-ring (bicyclic) bond motifs is 3. The number of rotatable bonds is 10. The van der Waals surface area contributed by atoms with Gasteiger partial charge in [-0.2, -0.15) is 0 Å². The highest BCUT2D eigenvalue weighted by Crippen LogP contribution is 2.35. The Balaban J connectivity index is 0.000000144. The molecule has 7 aromatic rings. The maximum absolute atomic E-state index is 12.7. The summed E-state index contributed by atoms with van der Waals surface area (Å²) in [6.45, 7) is 4.17. The number of benzene rings is 6. The zero-order valence-electron chi connectivity index (χ0n) is 40.9. The summed E-state index contributed by atoms with van der Waals surface area (Å²) in [4.78, 5) is 76.9. The van der Waals surface area contributed by atoms with Crippen molar-refractivity contribution in [1.29, 1.82) is 0 Å². The summed E-state index contributed by atoms with van der Waals surface area (Å²) in [6, 6.07) is 48.4. The van der Waals surface area contributed by atoms with Crippen molar-refractivity contribution < 1.29 is 56.9 Å². The molecule has 11 rings (SSSR count). The second kappa shape index (κ2) is 22.7. The number of nitrogens with zero attached hydrogens (tertiary/aromatic N) is 4. The summed E-state index contributed by atoms with van der Waals surface area (Å²) in [7, 11) is 1.57. The number of hydrogen-bond donors (Lipinski definition) is 0. The van der Waals surface area contributed by atoms with Gasteiger partial charge in [0, 0.05) is 47.9 Å². The summed E-state index contributed by atoms with van der Waals surface area (Å²) >= 11 is 4.83. The number of amides is 6. The normalized spacial score (nSPS) is 17.8. The van der Waals surface area contributed by atoms with Crippen molar-refractivity contribution in [2.45, 2.75) is 32.8 Å². The fourth-order valence-corrected chi connectivity index (χ4v) is 8.77. The smallest absolute Gasteiger partial charge is 0.422 e. The van der Waals surface area contributed by atoms with E-state index in [0.717, 1.165) is 83.2 Å². The van der Waals surface area contributed by atoms with Crippen LogP contribution in [0.1, 0.15) is 43.4 Å². The number of methoxy groups -OCH3 is 1. The molecule has 4 aliphatic heterocycles. The Kier molecular flexibility index (Phi) is 15.4.